The molecule has 3 aromatic carbocycles. The molecule has 0 aliphatic rings. The molecule has 0 bridgehead atoms. The highest BCUT2D eigenvalue weighted by molar-refractivity contribution is 5.92. The van der Waals surface area contributed by atoms with Crippen LogP contribution in [0, 0.1) is 0 Å². The second kappa shape index (κ2) is 11.0. The Balaban J connectivity index is 1.76. The molecule has 1 atom stereocenters. The molecule has 0 fully saturated rings. The van der Waals surface area contributed by atoms with Crippen LogP contribution in [0.4, 0.5) is 5.82 Å². The zero-order valence-electron chi connectivity index (χ0n) is 20.5. The summed E-state index contributed by atoms with van der Waals surface area (Å²) in [7, 11) is 3.20. The molecule has 8 heteroatoms. The van der Waals surface area contributed by atoms with Gasteiger partial charge in [0, 0.05) is 41.1 Å². The van der Waals surface area contributed by atoms with E-state index in [1.165, 1.54) is 0 Å². The van der Waals surface area contributed by atoms with Gasteiger partial charge in [-0.2, -0.15) is 0 Å². The number of carboxylic acid groups (broad SMARTS) is 1. The summed E-state index contributed by atoms with van der Waals surface area (Å²) >= 11 is 0. The van der Waals surface area contributed by atoms with Gasteiger partial charge in [0.05, 0.1) is 25.8 Å². The van der Waals surface area contributed by atoms with E-state index in [1.807, 2.05) is 54.6 Å². The summed E-state index contributed by atoms with van der Waals surface area (Å²) in [5.74, 6) is 1.56. The summed E-state index contributed by atoms with van der Waals surface area (Å²) in [6.07, 6.45) is -0.241. The smallest absolute Gasteiger partial charge is 0.303 e. The largest absolute Gasteiger partial charge is 0.496 e. The first-order chi connectivity index (χ1) is 17.4. The predicted octanol–water partition coefficient (Wildman–Crippen LogP) is 5.31. The standard InChI is InChI=1S/C28H29N3O5/c1-17(32)21-15-22-23(16-25(21)36-3)30-27(31-28(22)29-14-6-9-26(33)34)19-12-10-18(11-13-19)20-7-4-5-8-24(20)35-2/h4-5,7-8,10-13,15-17,32H,6,9,14H2,1-3H3,(H,33,34)(H,29,30,31). The van der Waals surface area contributed by atoms with Gasteiger partial charge in [0.1, 0.15) is 17.3 Å². The quantitative estimate of drug-likeness (QED) is 0.258. The molecule has 4 rings (SSSR count). The molecule has 0 amide bonds. The molecule has 0 saturated heterocycles. The second-order valence-electron chi connectivity index (χ2n) is 8.38. The lowest BCUT2D eigenvalue weighted by Gasteiger charge is -2.16. The molecule has 0 aliphatic heterocycles. The Labute approximate surface area is 209 Å². The van der Waals surface area contributed by atoms with Gasteiger partial charge >= 0.3 is 5.97 Å². The molecular weight excluding hydrogens is 458 g/mol. The van der Waals surface area contributed by atoms with Crippen LogP contribution in [-0.4, -0.2) is 46.9 Å². The van der Waals surface area contributed by atoms with Gasteiger partial charge in [-0.15, -0.1) is 0 Å². The number of nitrogens with one attached hydrogen (secondary N) is 1. The number of aromatic nitrogens is 2. The van der Waals surface area contributed by atoms with Crippen molar-refractivity contribution in [1.29, 1.82) is 0 Å². The van der Waals surface area contributed by atoms with E-state index < -0.39 is 12.1 Å². The number of aliphatic hydroxyl groups excluding tert-OH is 1. The maximum Gasteiger partial charge on any atom is 0.303 e. The average Bonchev–Trinajstić information content (AvgIpc) is 2.89. The Morgan fingerprint density at radius 2 is 1.67 bits per heavy atom. The highest BCUT2D eigenvalue weighted by atomic mass is 16.5. The zero-order valence-corrected chi connectivity index (χ0v) is 20.5. The van der Waals surface area contributed by atoms with Crippen molar-refractivity contribution in [2.24, 2.45) is 0 Å². The van der Waals surface area contributed by atoms with E-state index in [0.717, 1.165) is 27.8 Å². The molecule has 186 valence electrons. The number of para-hydroxylation sites is 1. The van der Waals surface area contributed by atoms with E-state index in [9.17, 15) is 9.90 Å². The molecule has 0 radical (unpaired) electrons. The van der Waals surface area contributed by atoms with Crippen molar-refractivity contribution >= 4 is 22.7 Å². The topological polar surface area (TPSA) is 114 Å². The van der Waals surface area contributed by atoms with Crippen molar-refractivity contribution in [3.05, 3.63) is 66.2 Å². The number of aliphatic carboxylic acids is 1. The fraction of sp³-hybridized carbons (Fsp3) is 0.250. The molecular formula is C28H29N3O5. The van der Waals surface area contributed by atoms with Gasteiger partial charge in [0.15, 0.2) is 5.82 Å². The summed E-state index contributed by atoms with van der Waals surface area (Å²) in [6.45, 7) is 2.10. The van der Waals surface area contributed by atoms with E-state index in [2.05, 4.69) is 5.32 Å². The van der Waals surface area contributed by atoms with Crippen molar-refractivity contribution in [3.8, 4) is 34.0 Å². The molecule has 3 N–H and O–H groups in total. The summed E-state index contributed by atoms with van der Waals surface area (Å²) in [5.41, 5.74) is 4.09. The normalized spacial score (nSPS) is 11.8. The number of methoxy groups -OCH3 is 2. The van der Waals surface area contributed by atoms with Gasteiger partial charge in [0.2, 0.25) is 0 Å². The first-order valence-corrected chi connectivity index (χ1v) is 11.7. The first-order valence-electron chi connectivity index (χ1n) is 11.7. The van der Waals surface area contributed by atoms with Crippen molar-refractivity contribution in [1.82, 2.24) is 9.97 Å². The molecule has 1 aromatic heterocycles. The molecule has 0 aliphatic carbocycles. The van der Waals surface area contributed by atoms with E-state index >= 15 is 0 Å². The molecule has 0 saturated carbocycles. The highest BCUT2D eigenvalue weighted by Gasteiger charge is 2.16. The number of hydrogen-bond donors (Lipinski definition) is 3. The number of benzene rings is 3. The van der Waals surface area contributed by atoms with Gasteiger partial charge < -0.3 is 25.0 Å². The minimum absolute atomic E-state index is 0.0556. The van der Waals surface area contributed by atoms with Crippen LogP contribution >= 0.6 is 0 Å². The predicted molar refractivity (Wildman–Crippen MR) is 140 cm³/mol. The van der Waals surface area contributed by atoms with E-state index in [0.29, 0.717) is 41.4 Å². The fourth-order valence-corrected chi connectivity index (χ4v) is 4.07. The Kier molecular flexibility index (Phi) is 7.65. The number of ether oxygens (including phenoxy) is 2. The Morgan fingerprint density at radius 1 is 0.972 bits per heavy atom. The summed E-state index contributed by atoms with van der Waals surface area (Å²) in [6, 6.07) is 19.3. The van der Waals surface area contributed by atoms with Crippen LogP contribution < -0.4 is 14.8 Å². The number of fused-ring (bicyclic) bond motifs is 1. The van der Waals surface area contributed by atoms with Gasteiger partial charge in [-0.05, 0) is 31.0 Å². The van der Waals surface area contributed by atoms with E-state index in [4.69, 9.17) is 24.5 Å². The van der Waals surface area contributed by atoms with Crippen LogP contribution in [0.1, 0.15) is 31.4 Å². The van der Waals surface area contributed by atoms with Crippen molar-refractivity contribution < 1.29 is 24.5 Å². The van der Waals surface area contributed by atoms with Crippen LogP contribution in [0.5, 0.6) is 11.5 Å². The van der Waals surface area contributed by atoms with Crippen molar-refractivity contribution in [2.75, 3.05) is 26.1 Å². The maximum absolute atomic E-state index is 10.9. The number of nitrogens with zero attached hydrogens (tertiary/aromatic N) is 2. The van der Waals surface area contributed by atoms with Crippen LogP contribution in [0.2, 0.25) is 0 Å². The molecule has 36 heavy (non-hydrogen) atoms. The number of anilines is 1. The third kappa shape index (κ3) is 5.39. The number of rotatable bonds is 10. The second-order valence-corrected chi connectivity index (χ2v) is 8.38. The molecule has 8 nitrogen and oxygen atoms in total. The minimum atomic E-state index is -0.846. The molecule has 1 unspecified atom stereocenters. The third-order valence-corrected chi connectivity index (χ3v) is 5.92. The Hall–Kier alpha value is -4.17. The summed E-state index contributed by atoms with van der Waals surface area (Å²) in [4.78, 5) is 20.5. The number of aliphatic hydroxyl groups is 1. The number of carbonyl (C=O) groups is 1. The lowest BCUT2D eigenvalue weighted by atomic mass is 10.0. The lowest BCUT2D eigenvalue weighted by Crippen LogP contribution is -2.08. The molecule has 0 spiro atoms. The summed E-state index contributed by atoms with van der Waals surface area (Å²) < 4.78 is 11.0. The van der Waals surface area contributed by atoms with Gasteiger partial charge in [-0.3, -0.25) is 4.79 Å². The minimum Gasteiger partial charge on any atom is -0.496 e. The average molecular weight is 488 g/mol. The van der Waals surface area contributed by atoms with Crippen LogP contribution in [0.25, 0.3) is 33.4 Å². The molecule has 1 heterocycles. The van der Waals surface area contributed by atoms with Crippen LogP contribution in [0.15, 0.2) is 60.7 Å². The van der Waals surface area contributed by atoms with Crippen LogP contribution in [-0.2, 0) is 4.79 Å². The monoisotopic (exact) mass is 487 g/mol. The first kappa shape index (κ1) is 24.9. The third-order valence-electron chi connectivity index (χ3n) is 5.92. The lowest BCUT2D eigenvalue weighted by molar-refractivity contribution is -0.137. The van der Waals surface area contributed by atoms with Gasteiger partial charge in [0.25, 0.3) is 0 Å². The van der Waals surface area contributed by atoms with E-state index in [1.54, 1.807) is 27.2 Å². The Morgan fingerprint density at radius 3 is 2.33 bits per heavy atom. The number of carboxylic acids is 1. The summed E-state index contributed by atoms with van der Waals surface area (Å²) in [5, 5.41) is 23.2. The Bertz CT molecular complexity index is 1370. The number of hydrogen-bond acceptors (Lipinski definition) is 7. The maximum atomic E-state index is 10.9. The van der Waals surface area contributed by atoms with Gasteiger partial charge in [-0.1, -0.05) is 42.5 Å². The highest BCUT2D eigenvalue weighted by Crippen LogP contribution is 2.35. The van der Waals surface area contributed by atoms with E-state index in [-0.39, 0.29) is 6.42 Å². The van der Waals surface area contributed by atoms with Crippen LogP contribution in [0.3, 0.4) is 0 Å². The fourth-order valence-electron chi connectivity index (χ4n) is 4.07. The van der Waals surface area contributed by atoms with Crippen molar-refractivity contribution in [3.63, 3.8) is 0 Å². The zero-order chi connectivity index (χ0) is 25.7. The molecule has 4 aromatic rings. The SMILES string of the molecule is COc1ccccc1-c1ccc(-c2nc(NCCCC(=O)O)c3cc(C(C)O)c(OC)cc3n2)cc1. The van der Waals surface area contributed by atoms with Gasteiger partial charge in [-0.25, -0.2) is 9.97 Å². The van der Waals surface area contributed by atoms with Crippen molar-refractivity contribution in [2.45, 2.75) is 25.9 Å².